The lowest BCUT2D eigenvalue weighted by Crippen LogP contribution is -2.37. The van der Waals surface area contributed by atoms with Gasteiger partial charge in [-0.05, 0) is 45.6 Å². The molecule has 1 saturated heterocycles. The Morgan fingerprint density at radius 2 is 2.11 bits per heavy atom. The lowest BCUT2D eigenvalue weighted by molar-refractivity contribution is 0.0730. The van der Waals surface area contributed by atoms with Gasteiger partial charge in [-0.1, -0.05) is 6.42 Å². The summed E-state index contributed by atoms with van der Waals surface area (Å²) in [5.74, 6) is 2.82. The molecular weight excluding hydrogens is 352 g/mol. The number of furan rings is 1. The van der Waals surface area contributed by atoms with Crippen LogP contribution in [-0.2, 0) is 25.8 Å². The number of nitrogens with one attached hydrogen (secondary N) is 1. The van der Waals surface area contributed by atoms with Gasteiger partial charge in [-0.3, -0.25) is 4.79 Å². The molecule has 1 amide bonds. The van der Waals surface area contributed by atoms with Gasteiger partial charge in [0.25, 0.3) is 5.91 Å². The topological polar surface area (TPSA) is 71.3 Å². The molecule has 0 unspecified atom stereocenters. The van der Waals surface area contributed by atoms with Gasteiger partial charge >= 0.3 is 0 Å². The van der Waals surface area contributed by atoms with Crippen molar-refractivity contribution in [1.82, 2.24) is 20.2 Å². The van der Waals surface area contributed by atoms with E-state index in [2.05, 4.69) is 10.3 Å². The fourth-order valence-corrected chi connectivity index (χ4v) is 4.89. The Hall–Kier alpha value is -2.21. The Labute approximate surface area is 165 Å². The number of aryl methyl sites for hydroxylation is 2. The Bertz CT molecular complexity index is 898. The molecule has 3 aliphatic rings. The number of amides is 1. The van der Waals surface area contributed by atoms with Gasteiger partial charge in [0.1, 0.15) is 17.3 Å². The van der Waals surface area contributed by atoms with E-state index in [0.29, 0.717) is 13.1 Å². The monoisotopic (exact) mass is 380 g/mol. The third-order valence-corrected chi connectivity index (χ3v) is 6.42. The first-order chi connectivity index (χ1) is 13.7. The molecule has 6 nitrogen and oxygen atoms in total. The van der Waals surface area contributed by atoms with E-state index in [1.54, 1.807) is 0 Å². The quantitative estimate of drug-likeness (QED) is 0.866. The van der Waals surface area contributed by atoms with E-state index >= 15 is 0 Å². The van der Waals surface area contributed by atoms with Crippen LogP contribution in [0.2, 0.25) is 0 Å². The summed E-state index contributed by atoms with van der Waals surface area (Å²) in [5.41, 5.74) is 4.14. The van der Waals surface area contributed by atoms with Crippen molar-refractivity contribution in [2.24, 2.45) is 0 Å². The van der Waals surface area contributed by atoms with Crippen molar-refractivity contribution in [2.45, 2.75) is 70.9 Å². The van der Waals surface area contributed by atoms with E-state index < -0.39 is 0 Å². The minimum absolute atomic E-state index is 0.105. The van der Waals surface area contributed by atoms with Crippen LogP contribution in [0.1, 0.15) is 82.7 Å². The Balaban J connectivity index is 1.36. The van der Waals surface area contributed by atoms with Crippen molar-refractivity contribution in [1.29, 1.82) is 0 Å². The number of carbonyl (C=O) groups excluding carboxylic acids is 1. The van der Waals surface area contributed by atoms with Gasteiger partial charge in [-0.15, -0.1) is 0 Å². The van der Waals surface area contributed by atoms with E-state index in [9.17, 15) is 4.79 Å². The molecule has 4 heterocycles. The SMILES string of the molecule is Cc1oc2c(c1C(=O)N1CCc3nc([C@H]4CCCCN4)ncc3C1)CCCC2. The van der Waals surface area contributed by atoms with Gasteiger partial charge in [0.15, 0.2) is 0 Å². The standard InChI is InChI=1S/C22H28N4O2/c1-14-20(16-6-2-3-8-19(16)28-14)22(27)26-11-9-17-15(13-26)12-24-21(25-17)18-7-4-5-10-23-18/h12,18,23H,2-11,13H2,1H3/t18-/m1/s1. The first-order valence-electron chi connectivity index (χ1n) is 10.7. The molecule has 1 atom stereocenters. The highest BCUT2D eigenvalue weighted by molar-refractivity contribution is 5.97. The maximum absolute atomic E-state index is 13.3. The van der Waals surface area contributed by atoms with Crippen molar-refractivity contribution in [2.75, 3.05) is 13.1 Å². The summed E-state index contributed by atoms with van der Waals surface area (Å²) in [6, 6.07) is 0.277. The van der Waals surface area contributed by atoms with E-state index in [0.717, 1.165) is 84.8 Å². The van der Waals surface area contributed by atoms with Crippen LogP contribution in [0.15, 0.2) is 10.6 Å². The zero-order chi connectivity index (χ0) is 19.1. The van der Waals surface area contributed by atoms with Gasteiger partial charge < -0.3 is 14.6 Å². The number of carbonyl (C=O) groups is 1. The molecule has 0 aromatic carbocycles. The molecule has 0 radical (unpaired) electrons. The second-order valence-electron chi connectivity index (χ2n) is 8.32. The smallest absolute Gasteiger partial charge is 0.257 e. The average molecular weight is 380 g/mol. The third kappa shape index (κ3) is 3.13. The molecule has 1 fully saturated rings. The summed E-state index contributed by atoms with van der Waals surface area (Å²) in [6.45, 7) is 4.27. The fraction of sp³-hybridized carbons (Fsp3) is 0.591. The highest BCUT2D eigenvalue weighted by Crippen LogP contribution is 2.31. The van der Waals surface area contributed by atoms with Crippen LogP contribution in [0, 0.1) is 6.92 Å². The Kier molecular flexibility index (Phi) is 4.67. The molecule has 0 spiro atoms. The maximum Gasteiger partial charge on any atom is 0.257 e. The van der Waals surface area contributed by atoms with Crippen LogP contribution < -0.4 is 5.32 Å². The van der Waals surface area contributed by atoms with Crippen molar-refractivity contribution < 1.29 is 9.21 Å². The van der Waals surface area contributed by atoms with Gasteiger partial charge in [0.2, 0.25) is 0 Å². The zero-order valence-electron chi connectivity index (χ0n) is 16.6. The highest BCUT2D eigenvalue weighted by atomic mass is 16.3. The molecule has 1 N–H and O–H groups in total. The van der Waals surface area contributed by atoms with Crippen LogP contribution in [0.25, 0.3) is 0 Å². The number of aromatic nitrogens is 2. The first kappa shape index (κ1) is 17.9. The Morgan fingerprint density at radius 1 is 1.21 bits per heavy atom. The van der Waals surface area contributed by atoms with E-state index in [-0.39, 0.29) is 11.9 Å². The van der Waals surface area contributed by atoms with Crippen LogP contribution in [-0.4, -0.2) is 33.9 Å². The summed E-state index contributed by atoms with van der Waals surface area (Å²) in [6.07, 6.45) is 10.5. The average Bonchev–Trinajstić information content (AvgIpc) is 3.08. The van der Waals surface area contributed by atoms with Crippen LogP contribution in [0.3, 0.4) is 0 Å². The lowest BCUT2D eigenvalue weighted by atomic mass is 9.93. The van der Waals surface area contributed by atoms with Gasteiger partial charge in [0.05, 0.1) is 17.3 Å². The molecule has 1 aliphatic carbocycles. The second kappa shape index (κ2) is 7.32. The van der Waals surface area contributed by atoms with E-state index in [4.69, 9.17) is 9.40 Å². The summed E-state index contributed by atoms with van der Waals surface area (Å²) >= 11 is 0. The van der Waals surface area contributed by atoms with Crippen LogP contribution >= 0.6 is 0 Å². The van der Waals surface area contributed by atoms with Crippen LogP contribution in [0.5, 0.6) is 0 Å². The maximum atomic E-state index is 13.3. The molecule has 28 heavy (non-hydrogen) atoms. The number of nitrogens with zero attached hydrogens (tertiary/aromatic N) is 3. The van der Waals surface area contributed by atoms with Crippen molar-refractivity contribution in [3.63, 3.8) is 0 Å². The van der Waals surface area contributed by atoms with E-state index in [1.165, 1.54) is 12.8 Å². The predicted octanol–water partition coefficient (Wildman–Crippen LogP) is 3.27. The van der Waals surface area contributed by atoms with Gasteiger partial charge in [-0.2, -0.15) is 0 Å². The zero-order valence-corrected chi connectivity index (χ0v) is 16.6. The number of hydrogen-bond acceptors (Lipinski definition) is 5. The Morgan fingerprint density at radius 3 is 2.96 bits per heavy atom. The summed E-state index contributed by atoms with van der Waals surface area (Å²) in [5, 5.41) is 3.52. The third-order valence-electron chi connectivity index (χ3n) is 6.42. The number of rotatable bonds is 2. The molecule has 0 bridgehead atoms. The first-order valence-corrected chi connectivity index (χ1v) is 10.7. The minimum Gasteiger partial charge on any atom is -0.465 e. The molecule has 148 valence electrons. The number of piperidine rings is 1. The predicted molar refractivity (Wildman–Crippen MR) is 105 cm³/mol. The molecule has 0 saturated carbocycles. The van der Waals surface area contributed by atoms with Gasteiger partial charge in [0, 0.05) is 43.3 Å². The second-order valence-corrected chi connectivity index (χ2v) is 8.32. The molecule has 2 aromatic heterocycles. The van der Waals surface area contributed by atoms with Crippen molar-refractivity contribution in [3.05, 3.63) is 45.9 Å². The number of hydrogen-bond donors (Lipinski definition) is 1. The molecule has 6 heteroatoms. The molecule has 2 aromatic rings. The minimum atomic E-state index is 0.105. The lowest BCUT2D eigenvalue weighted by Gasteiger charge is -2.29. The highest BCUT2D eigenvalue weighted by Gasteiger charge is 2.31. The molecule has 2 aliphatic heterocycles. The normalized spacial score (nSPS) is 21.9. The van der Waals surface area contributed by atoms with E-state index in [1.807, 2.05) is 18.0 Å². The number of fused-ring (bicyclic) bond motifs is 2. The van der Waals surface area contributed by atoms with Crippen molar-refractivity contribution >= 4 is 5.91 Å². The molecular formula is C22H28N4O2. The largest absolute Gasteiger partial charge is 0.465 e. The van der Waals surface area contributed by atoms with Crippen molar-refractivity contribution in [3.8, 4) is 0 Å². The summed E-state index contributed by atoms with van der Waals surface area (Å²) < 4.78 is 5.92. The molecule has 5 rings (SSSR count). The summed E-state index contributed by atoms with van der Waals surface area (Å²) in [7, 11) is 0. The van der Waals surface area contributed by atoms with Gasteiger partial charge in [-0.25, -0.2) is 9.97 Å². The fourth-order valence-electron chi connectivity index (χ4n) is 4.89. The van der Waals surface area contributed by atoms with Crippen LogP contribution in [0.4, 0.5) is 0 Å². The summed E-state index contributed by atoms with van der Waals surface area (Å²) in [4.78, 5) is 24.7.